The number of carbonyl (C=O) groups excluding carboxylic acids is 2. The van der Waals surface area contributed by atoms with Crippen LogP contribution in [0.2, 0.25) is 0 Å². The summed E-state index contributed by atoms with van der Waals surface area (Å²) in [5.41, 5.74) is 16.1. The van der Waals surface area contributed by atoms with E-state index in [-0.39, 0.29) is 12.5 Å². The number of benzene rings is 2. The normalized spacial score (nSPS) is 15.0. The molecule has 0 heterocycles. The Bertz CT molecular complexity index is 745. The molecule has 0 fully saturated rings. The zero-order valence-electron chi connectivity index (χ0n) is 14.6. The number of fused-ring (bicyclic) bond motifs is 3. The lowest BCUT2D eigenvalue weighted by molar-refractivity contribution is -0.145. The molecule has 135 valence electrons. The first-order valence-electron chi connectivity index (χ1n) is 8.85. The zero-order chi connectivity index (χ0) is 18.5. The third-order valence-corrected chi connectivity index (χ3v) is 4.84. The summed E-state index contributed by atoms with van der Waals surface area (Å²) in [7, 11) is 0. The Labute approximate surface area is 153 Å². The van der Waals surface area contributed by atoms with Crippen molar-refractivity contribution in [3.8, 4) is 11.1 Å². The fourth-order valence-electron chi connectivity index (χ4n) is 3.45. The number of nitrogens with two attached hydrogens (primary N) is 2. The fraction of sp³-hybridized carbons (Fsp3) is 0.333. The Morgan fingerprint density at radius 3 is 2.15 bits per heavy atom. The molecule has 0 saturated heterocycles. The molecule has 2 aromatic carbocycles. The summed E-state index contributed by atoms with van der Waals surface area (Å²) in [4.78, 5) is 22.6. The van der Waals surface area contributed by atoms with E-state index in [1.807, 2.05) is 24.3 Å². The Hall–Kier alpha value is -2.50. The topological polar surface area (TPSA) is 95.4 Å². The summed E-state index contributed by atoms with van der Waals surface area (Å²) in [6.07, 6.45) is 3.21. The van der Waals surface area contributed by atoms with Gasteiger partial charge in [-0.1, -0.05) is 48.5 Å². The maximum absolute atomic E-state index is 12.2. The van der Waals surface area contributed by atoms with E-state index in [4.69, 9.17) is 16.2 Å². The van der Waals surface area contributed by atoms with Crippen molar-refractivity contribution in [2.75, 3.05) is 6.61 Å². The predicted octanol–water partition coefficient (Wildman–Crippen LogP) is 2.28. The van der Waals surface area contributed by atoms with Gasteiger partial charge in [-0.25, -0.2) is 0 Å². The van der Waals surface area contributed by atoms with Crippen LogP contribution in [0.15, 0.2) is 48.5 Å². The molecule has 4 N–H and O–H groups in total. The molecule has 0 aliphatic heterocycles. The number of rotatable bonds is 8. The molecular weight excluding hydrogens is 328 g/mol. The van der Waals surface area contributed by atoms with Crippen molar-refractivity contribution in [2.45, 2.75) is 37.3 Å². The second kappa shape index (κ2) is 8.25. The summed E-state index contributed by atoms with van der Waals surface area (Å²) < 4.78 is 5.51. The van der Waals surface area contributed by atoms with Crippen LogP contribution in [0.25, 0.3) is 11.1 Å². The molecule has 26 heavy (non-hydrogen) atoms. The van der Waals surface area contributed by atoms with Gasteiger partial charge in [0.25, 0.3) is 0 Å². The molecule has 1 aliphatic carbocycles. The minimum Gasteiger partial charge on any atom is -0.464 e. The molecule has 0 amide bonds. The molecule has 3 rings (SSSR count). The highest BCUT2D eigenvalue weighted by atomic mass is 16.5. The highest BCUT2D eigenvalue weighted by Crippen LogP contribution is 2.44. The van der Waals surface area contributed by atoms with Gasteiger partial charge < -0.3 is 16.2 Å². The van der Waals surface area contributed by atoms with E-state index in [2.05, 4.69) is 24.3 Å². The van der Waals surface area contributed by atoms with Gasteiger partial charge in [-0.05, 0) is 41.5 Å². The van der Waals surface area contributed by atoms with Crippen LogP contribution >= 0.6 is 0 Å². The molecule has 2 atom stereocenters. The average molecular weight is 351 g/mol. The van der Waals surface area contributed by atoms with Crippen molar-refractivity contribution in [1.82, 2.24) is 0 Å². The van der Waals surface area contributed by atoms with Crippen molar-refractivity contribution in [3.63, 3.8) is 0 Å². The van der Waals surface area contributed by atoms with Crippen LogP contribution in [0.5, 0.6) is 0 Å². The second-order valence-corrected chi connectivity index (χ2v) is 6.62. The Morgan fingerprint density at radius 1 is 1.00 bits per heavy atom. The summed E-state index contributed by atoms with van der Waals surface area (Å²) in [6, 6.07) is 15.0. The molecule has 2 aromatic rings. The molecule has 5 nitrogen and oxygen atoms in total. The third-order valence-electron chi connectivity index (χ3n) is 4.84. The standard InChI is InChI=1S/C21H23N2O3/c22-14(12-24)6-5-11-20(23)21(25)26-13-19-17-9-3-1-7-15(17)16-8-2-4-10-18(16)19/h1-4,7-10,14,19-20H,5-6,11,13,22-23H2/t14-,20?/m0/s1. The molecule has 0 saturated carbocycles. The minimum atomic E-state index is -0.708. The van der Waals surface area contributed by atoms with Crippen molar-refractivity contribution in [1.29, 1.82) is 0 Å². The maximum atomic E-state index is 12.2. The number of carbonyl (C=O) groups is 1. The number of ether oxygens (including phenoxy) is 1. The first kappa shape index (κ1) is 18.3. The number of esters is 1. The van der Waals surface area contributed by atoms with E-state index in [0.29, 0.717) is 19.3 Å². The van der Waals surface area contributed by atoms with Gasteiger partial charge in [0.2, 0.25) is 6.29 Å². The van der Waals surface area contributed by atoms with Crippen LogP contribution < -0.4 is 11.5 Å². The van der Waals surface area contributed by atoms with Gasteiger partial charge in [-0.15, -0.1) is 0 Å². The monoisotopic (exact) mass is 351 g/mol. The van der Waals surface area contributed by atoms with Gasteiger partial charge in [0.15, 0.2) is 0 Å². The first-order chi connectivity index (χ1) is 12.6. The summed E-state index contributed by atoms with van der Waals surface area (Å²) in [5.74, 6) is -0.396. The van der Waals surface area contributed by atoms with E-state index in [1.54, 1.807) is 6.29 Å². The molecule has 1 unspecified atom stereocenters. The van der Waals surface area contributed by atoms with Gasteiger partial charge in [0.05, 0.1) is 6.04 Å². The van der Waals surface area contributed by atoms with Crippen LogP contribution in [0.3, 0.4) is 0 Å². The van der Waals surface area contributed by atoms with Crippen molar-refractivity contribution in [3.05, 3.63) is 59.7 Å². The summed E-state index contributed by atoms with van der Waals surface area (Å²) >= 11 is 0. The van der Waals surface area contributed by atoms with Gasteiger partial charge in [0.1, 0.15) is 12.6 Å². The van der Waals surface area contributed by atoms with E-state index in [9.17, 15) is 9.59 Å². The lowest BCUT2D eigenvalue weighted by Crippen LogP contribution is -2.33. The van der Waals surface area contributed by atoms with Crippen LogP contribution in [0, 0.1) is 0 Å². The molecule has 5 heteroatoms. The highest BCUT2D eigenvalue weighted by Gasteiger charge is 2.29. The molecule has 0 bridgehead atoms. The van der Waals surface area contributed by atoms with Crippen molar-refractivity contribution in [2.24, 2.45) is 11.5 Å². The predicted molar refractivity (Wildman–Crippen MR) is 100 cm³/mol. The molecule has 1 radical (unpaired) electrons. The molecule has 0 aromatic heterocycles. The van der Waals surface area contributed by atoms with Crippen LogP contribution in [0.1, 0.15) is 36.3 Å². The Kier molecular flexibility index (Phi) is 5.81. The Balaban J connectivity index is 1.61. The van der Waals surface area contributed by atoms with Crippen molar-refractivity contribution >= 4 is 12.3 Å². The van der Waals surface area contributed by atoms with E-state index in [0.717, 1.165) is 0 Å². The summed E-state index contributed by atoms with van der Waals surface area (Å²) in [6.45, 7) is 0.266. The fourth-order valence-corrected chi connectivity index (χ4v) is 3.45. The van der Waals surface area contributed by atoms with Gasteiger partial charge in [0, 0.05) is 5.92 Å². The molecule has 1 aliphatic rings. The van der Waals surface area contributed by atoms with Crippen LogP contribution in [-0.2, 0) is 14.3 Å². The largest absolute Gasteiger partial charge is 0.464 e. The van der Waals surface area contributed by atoms with E-state index in [1.165, 1.54) is 22.3 Å². The average Bonchev–Trinajstić information content (AvgIpc) is 2.99. The molecular formula is C21H23N2O3. The number of hydrogen-bond acceptors (Lipinski definition) is 5. The van der Waals surface area contributed by atoms with Gasteiger partial charge in [-0.2, -0.15) is 0 Å². The minimum absolute atomic E-state index is 0.0247. The zero-order valence-corrected chi connectivity index (χ0v) is 14.6. The van der Waals surface area contributed by atoms with Crippen LogP contribution in [0.4, 0.5) is 0 Å². The lowest BCUT2D eigenvalue weighted by atomic mass is 9.98. The second-order valence-electron chi connectivity index (χ2n) is 6.62. The molecule has 0 spiro atoms. The lowest BCUT2D eigenvalue weighted by Gasteiger charge is -2.16. The van der Waals surface area contributed by atoms with Gasteiger partial charge >= 0.3 is 5.97 Å². The third kappa shape index (κ3) is 3.84. The number of hydrogen-bond donors (Lipinski definition) is 2. The quantitative estimate of drug-likeness (QED) is 0.712. The van der Waals surface area contributed by atoms with E-state index < -0.39 is 18.1 Å². The maximum Gasteiger partial charge on any atom is 0.322 e. The smallest absolute Gasteiger partial charge is 0.322 e. The first-order valence-corrected chi connectivity index (χ1v) is 8.85. The Morgan fingerprint density at radius 2 is 1.58 bits per heavy atom. The van der Waals surface area contributed by atoms with Crippen molar-refractivity contribution < 1.29 is 14.3 Å². The van der Waals surface area contributed by atoms with Gasteiger partial charge in [-0.3, -0.25) is 9.59 Å². The summed E-state index contributed by atoms with van der Waals surface area (Å²) in [5, 5.41) is 0. The van der Waals surface area contributed by atoms with E-state index >= 15 is 0 Å². The SMILES string of the molecule is NC(CCC[C@H](N)[C]=O)C(=O)OCC1c2ccccc2-c2ccccc21. The van der Waals surface area contributed by atoms with Crippen LogP contribution in [-0.4, -0.2) is 30.9 Å². The highest BCUT2D eigenvalue weighted by molar-refractivity contribution is 5.79.